The Morgan fingerprint density at radius 2 is 1.54 bits per heavy atom. The summed E-state index contributed by atoms with van der Waals surface area (Å²) in [7, 11) is -0.131. The third-order valence-corrected chi connectivity index (χ3v) is 12.4. The van der Waals surface area contributed by atoms with Crippen LogP contribution in [0.3, 0.4) is 0 Å². The van der Waals surface area contributed by atoms with Crippen molar-refractivity contribution in [3.05, 3.63) is 81.7 Å². The van der Waals surface area contributed by atoms with E-state index in [1.807, 2.05) is 32.9 Å². The van der Waals surface area contributed by atoms with Gasteiger partial charge in [-0.25, -0.2) is 22.0 Å². The minimum atomic E-state index is -3.37. The Labute approximate surface area is 300 Å². The zero-order chi connectivity index (χ0) is 36.5. The van der Waals surface area contributed by atoms with Crippen molar-refractivity contribution in [1.82, 2.24) is 9.80 Å². The lowest BCUT2D eigenvalue weighted by Crippen LogP contribution is -2.47. The normalized spacial score (nSPS) is 16.7. The molecule has 0 spiro atoms. The summed E-state index contributed by atoms with van der Waals surface area (Å²) >= 11 is 7.43. The van der Waals surface area contributed by atoms with Crippen molar-refractivity contribution in [2.24, 2.45) is 0 Å². The number of ether oxygens (including phenoxy) is 2. The first kappa shape index (κ1) is 37.5. The molecule has 13 heteroatoms. The van der Waals surface area contributed by atoms with E-state index in [4.69, 9.17) is 21.1 Å². The number of thiophene rings is 1. The highest BCUT2D eigenvalue weighted by Gasteiger charge is 2.35. The van der Waals surface area contributed by atoms with Gasteiger partial charge in [0.05, 0.1) is 32.9 Å². The van der Waals surface area contributed by atoms with Gasteiger partial charge in [-0.15, -0.1) is 11.3 Å². The van der Waals surface area contributed by atoms with E-state index < -0.39 is 39.1 Å². The number of benzene rings is 3. The Hall–Kier alpha value is -3.74. The number of hydrogen-bond donors (Lipinski definition) is 0. The lowest BCUT2D eigenvalue weighted by molar-refractivity contribution is 0.0144. The smallest absolute Gasteiger partial charge is 0.410 e. The molecule has 0 radical (unpaired) electrons. The molecule has 4 aromatic rings. The van der Waals surface area contributed by atoms with Crippen LogP contribution in [-0.2, 0) is 21.1 Å². The number of rotatable bonds is 9. The SMILES string of the molecule is CCS(=O)(=O)c1ccc(-c2ccc(OC)c(CN(C(=O)c3sc4c(F)ccc(F)c4c3Cl)C3CCC(N(C)C(=O)OC(C)(C)C)CC3)c2)cc1. The van der Waals surface area contributed by atoms with Gasteiger partial charge >= 0.3 is 6.09 Å². The molecule has 0 atom stereocenters. The molecule has 1 aromatic heterocycles. The molecular formula is C37H41ClF2N2O6S2. The van der Waals surface area contributed by atoms with Gasteiger partial charge in [0.2, 0.25) is 0 Å². The van der Waals surface area contributed by atoms with Crippen LogP contribution in [0.15, 0.2) is 59.5 Å². The summed E-state index contributed by atoms with van der Waals surface area (Å²) in [5, 5.41) is -0.269. The molecule has 8 nitrogen and oxygen atoms in total. The van der Waals surface area contributed by atoms with Gasteiger partial charge in [-0.05, 0) is 94.0 Å². The Morgan fingerprint density at radius 1 is 0.940 bits per heavy atom. The first-order chi connectivity index (χ1) is 23.5. The number of nitrogens with zero attached hydrogens (tertiary/aromatic N) is 2. The quantitative estimate of drug-likeness (QED) is 0.170. The van der Waals surface area contributed by atoms with E-state index in [0.29, 0.717) is 37.0 Å². The molecule has 1 heterocycles. The lowest BCUT2D eigenvalue weighted by atomic mass is 9.89. The number of hydrogen-bond acceptors (Lipinski definition) is 7. The Morgan fingerprint density at radius 3 is 2.12 bits per heavy atom. The van der Waals surface area contributed by atoms with Gasteiger partial charge in [0.25, 0.3) is 5.91 Å². The summed E-state index contributed by atoms with van der Waals surface area (Å²) in [6.07, 6.45) is 1.86. The van der Waals surface area contributed by atoms with E-state index >= 15 is 0 Å². The third-order valence-electron chi connectivity index (χ3n) is 9.02. The Bertz CT molecular complexity index is 2000. The van der Waals surface area contributed by atoms with Gasteiger partial charge in [-0.1, -0.05) is 36.7 Å². The zero-order valence-electron chi connectivity index (χ0n) is 28.9. The summed E-state index contributed by atoms with van der Waals surface area (Å²) < 4.78 is 65.6. The van der Waals surface area contributed by atoms with Crippen molar-refractivity contribution in [2.45, 2.75) is 82.5 Å². The maximum absolute atomic E-state index is 14.8. The molecule has 3 aromatic carbocycles. The number of methoxy groups -OCH3 is 1. The molecule has 2 amide bonds. The summed E-state index contributed by atoms with van der Waals surface area (Å²) in [6, 6.07) is 13.7. The summed E-state index contributed by atoms with van der Waals surface area (Å²) in [6.45, 7) is 7.11. The van der Waals surface area contributed by atoms with E-state index in [2.05, 4.69) is 0 Å². The molecular weight excluding hydrogens is 706 g/mol. The first-order valence-electron chi connectivity index (χ1n) is 16.4. The van der Waals surface area contributed by atoms with Gasteiger partial charge in [0, 0.05) is 31.2 Å². The second-order valence-corrected chi connectivity index (χ2v) is 17.1. The lowest BCUT2D eigenvalue weighted by Gasteiger charge is -2.40. The monoisotopic (exact) mass is 746 g/mol. The molecule has 5 rings (SSSR count). The van der Waals surface area contributed by atoms with E-state index in [1.54, 1.807) is 54.1 Å². The predicted octanol–water partition coefficient (Wildman–Crippen LogP) is 9.12. The fourth-order valence-corrected chi connectivity index (χ4v) is 8.65. The fourth-order valence-electron chi connectivity index (χ4n) is 6.26. The van der Waals surface area contributed by atoms with Crippen LogP contribution in [0.2, 0.25) is 5.02 Å². The van der Waals surface area contributed by atoms with Crippen LogP contribution in [-0.4, -0.2) is 67.8 Å². The van der Waals surface area contributed by atoms with Crippen LogP contribution in [0.25, 0.3) is 21.2 Å². The molecule has 1 saturated carbocycles. The highest BCUT2D eigenvalue weighted by Crippen LogP contribution is 2.41. The number of amides is 2. The van der Waals surface area contributed by atoms with Crippen LogP contribution in [0.1, 0.15) is 68.6 Å². The molecule has 50 heavy (non-hydrogen) atoms. The van der Waals surface area contributed by atoms with Gasteiger partial charge in [0.15, 0.2) is 9.84 Å². The van der Waals surface area contributed by atoms with E-state index in [1.165, 1.54) is 7.11 Å². The van der Waals surface area contributed by atoms with Crippen molar-refractivity contribution < 1.29 is 36.3 Å². The number of halogens is 3. The number of carbonyl (C=O) groups excluding carboxylic acids is 2. The first-order valence-corrected chi connectivity index (χ1v) is 19.2. The van der Waals surface area contributed by atoms with Gasteiger partial charge in [-0.3, -0.25) is 4.79 Å². The second-order valence-electron chi connectivity index (χ2n) is 13.4. The molecule has 0 bridgehead atoms. The third kappa shape index (κ3) is 7.92. The topological polar surface area (TPSA) is 93.2 Å². The minimum Gasteiger partial charge on any atom is -0.496 e. The van der Waals surface area contributed by atoms with E-state index in [0.717, 1.165) is 34.6 Å². The summed E-state index contributed by atoms with van der Waals surface area (Å²) in [4.78, 5) is 30.8. The van der Waals surface area contributed by atoms with Gasteiger partial charge in [0.1, 0.15) is 27.9 Å². The number of carbonyl (C=O) groups is 2. The van der Waals surface area contributed by atoms with Crippen molar-refractivity contribution >= 4 is 54.9 Å². The maximum Gasteiger partial charge on any atom is 0.410 e. The highest BCUT2D eigenvalue weighted by molar-refractivity contribution is 7.91. The summed E-state index contributed by atoms with van der Waals surface area (Å²) in [5.41, 5.74) is 1.58. The van der Waals surface area contributed by atoms with Crippen LogP contribution in [0.4, 0.5) is 13.6 Å². The van der Waals surface area contributed by atoms with Crippen molar-refractivity contribution in [3.8, 4) is 16.9 Å². The minimum absolute atomic E-state index is 0.00873. The molecule has 0 N–H and O–H groups in total. The van der Waals surface area contributed by atoms with Crippen LogP contribution in [0, 0.1) is 11.6 Å². The molecule has 0 saturated heterocycles. The number of sulfone groups is 1. The largest absolute Gasteiger partial charge is 0.496 e. The van der Waals surface area contributed by atoms with Crippen LogP contribution in [0.5, 0.6) is 5.75 Å². The molecule has 1 aliphatic rings. The number of fused-ring (bicyclic) bond motifs is 1. The van der Waals surface area contributed by atoms with Crippen molar-refractivity contribution in [3.63, 3.8) is 0 Å². The van der Waals surface area contributed by atoms with Gasteiger partial charge in [-0.2, -0.15) is 0 Å². The second kappa shape index (κ2) is 14.9. The predicted molar refractivity (Wildman–Crippen MR) is 193 cm³/mol. The van der Waals surface area contributed by atoms with Crippen molar-refractivity contribution in [2.75, 3.05) is 19.9 Å². The highest BCUT2D eigenvalue weighted by atomic mass is 35.5. The molecule has 1 fully saturated rings. The average molecular weight is 747 g/mol. The average Bonchev–Trinajstić information content (AvgIpc) is 3.45. The molecule has 1 aliphatic carbocycles. The molecule has 268 valence electrons. The standard InChI is InChI=1S/C37H41ClF2N2O6S2/c1-7-50(45,46)27-15-8-22(9-16-27)23-10-19-30(47-6)24(20-23)21-42(26-13-11-25(12-14-26)41(5)36(44)48-37(2,3)4)35(43)34-32(38)31-28(39)17-18-29(40)33(31)49-34/h8-10,15-20,25-26H,7,11-14,21H2,1-6H3. The van der Waals surface area contributed by atoms with Crippen molar-refractivity contribution in [1.29, 1.82) is 0 Å². The Kier molecular flexibility index (Phi) is 11.1. The van der Waals surface area contributed by atoms with Crippen LogP contribution < -0.4 is 4.74 Å². The van der Waals surface area contributed by atoms with E-state index in [-0.39, 0.29) is 49.3 Å². The van der Waals surface area contributed by atoms with E-state index in [9.17, 15) is 26.8 Å². The fraction of sp³-hybridized carbons (Fsp3) is 0.405. The molecule has 0 aliphatic heterocycles. The zero-order valence-corrected chi connectivity index (χ0v) is 31.3. The maximum atomic E-state index is 14.8. The molecule has 0 unspecified atom stereocenters. The van der Waals surface area contributed by atoms with Gasteiger partial charge < -0.3 is 19.3 Å². The summed E-state index contributed by atoms with van der Waals surface area (Å²) in [5.74, 6) is -1.34. The van der Waals surface area contributed by atoms with Crippen LogP contribution >= 0.6 is 22.9 Å². The Balaban J connectivity index is 1.50.